The van der Waals surface area contributed by atoms with E-state index in [2.05, 4.69) is 36.1 Å². The lowest BCUT2D eigenvalue weighted by molar-refractivity contribution is -0.124. The number of imidazole rings is 1. The predicted molar refractivity (Wildman–Crippen MR) is 153 cm³/mol. The second kappa shape index (κ2) is 12.5. The van der Waals surface area contributed by atoms with Gasteiger partial charge >= 0.3 is 0 Å². The van der Waals surface area contributed by atoms with E-state index in [0.29, 0.717) is 47.1 Å². The normalized spacial score (nSPS) is 15.4. The summed E-state index contributed by atoms with van der Waals surface area (Å²) >= 11 is 3.38. The molecule has 0 radical (unpaired) electrons. The van der Waals surface area contributed by atoms with Crippen molar-refractivity contribution in [1.29, 1.82) is 0 Å². The summed E-state index contributed by atoms with van der Waals surface area (Å²) < 4.78 is 12.9. The van der Waals surface area contributed by atoms with Crippen LogP contribution in [0, 0.1) is 11.3 Å². The molecule has 11 heteroatoms. The molecule has 1 aromatic rings. The van der Waals surface area contributed by atoms with Crippen molar-refractivity contribution in [2.24, 2.45) is 11.3 Å². The van der Waals surface area contributed by atoms with Crippen LogP contribution in [0.5, 0.6) is 11.5 Å². The number of amides is 1. The van der Waals surface area contributed by atoms with Gasteiger partial charge in [-0.1, -0.05) is 20.8 Å². The number of aryl methyl sites for hydroxylation is 1. The van der Waals surface area contributed by atoms with Crippen LogP contribution in [0.1, 0.15) is 46.5 Å². The molecule has 0 saturated carbocycles. The minimum Gasteiger partial charge on any atom is -0.497 e. The van der Waals surface area contributed by atoms with Gasteiger partial charge < -0.3 is 25.1 Å². The van der Waals surface area contributed by atoms with Gasteiger partial charge in [0.15, 0.2) is 22.5 Å². The lowest BCUT2D eigenvalue weighted by Crippen LogP contribution is -2.43. The number of aromatic nitrogens is 4. The molecule has 1 amide bonds. The largest absolute Gasteiger partial charge is 0.497 e. The lowest BCUT2D eigenvalue weighted by atomic mass is 9.89. The summed E-state index contributed by atoms with van der Waals surface area (Å²) in [6, 6.07) is 5.71. The van der Waals surface area contributed by atoms with Gasteiger partial charge in [0.05, 0.1) is 25.4 Å². The Kier molecular flexibility index (Phi) is 9.30. The second-order valence-electron chi connectivity index (χ2n) is 10.8. The monoisotopic (exact) mass is 558 g/mol. The molecule has 1 saturated heterocycles. The van der Waals surface area contributed by atoms with Gasteiger partial charge in [-0.05, 0) is 72.1 Å². The highest BCUT2D eigenvalue weighted by Crippen LogP contribution is 2.38. The molecule has 1 atom stereocenters. The average molecular weight is 559 g/mol. The van der Waals surface area contributed by atoms with E-state index < -0.39 is 0 Å². The highest BCUT2D eigenvalue weighted by Gasteiger charge is 2.28. The van der Waals surface area contributed by atoms with E-state index in [1.165, 1.54) is 11.8 Å². The summed E-state index contributed by atoms with van der Waals surface area (Å²) in [6.45, 7) is 6.93. The second-order valence-corrected chi connectivity index (χ2v) is 13.0. The Morgan fingerprint density at radius 1 is 1.24 bits per heavy atom. The molecule has 4 rings (SSSR count). The van der Waals surface area contributed by atoms with Crippen molar-refractivity contribution >= 4 is 35.2 Å². The van der Waals surface area contributed by atoms with E-state index in [0.717, 1.165) is 41.4 Å². The number of rotatable bonds is 10. The minimum absolute atomic E-state index is 0.0523. The summed E-state index contributed by atoms with van der Waals surface area (Å²) in [5.41, 5.74) is 6.71. The molecule has 3 aliphatic heterocycles. The smallest absolute Gasteiger partial charge is 0.220 e. The molecule has 0 spiro atoms. The molecule has 0 bridgehead atoms. The van der Waals surface area contributed by atoms with Crippen LogP contribution in [-0.2, 0) is 11.3 Å². The number of anilines is 1. The zero-order valence-corrected chi connectivity index (χ0v) is 24.5. The number of fused-ring (bicyclic) bond motifs is 1. The standard InChI is InChI=1S/C27H38N6O3S2/c1-27(2,3)15-22(34)30-19(17-9-12-37-13-10-17)8-11-33-16-29-24(28)23-25(33)32-26(31-23)38-21-14-18(35-4)6-7-20(21)36-5/h6-7,14,16-17,19H,8-13,15,28H2,1-5H3,(H,30,34). The van der Waals surface area contributed by atoms with Gasteiger partial charge in [-0.2, -0.15) is 11.8 Å². The van der Waals surface area contributed by atoms with Gasteiger partial charge in [0.25, 0.3) is 0 Å². The molecule has 1 fully saturated rings. The molecule has 38 heavy (non-hydrogen) atoms. The molecule has 0 aromatic heterocycles. The molecule has 9 nitrogen and oxygen atoms in total. The minimum atomic E-state index is -0.0523. The summed E-state index contributed by atoms with van der Waals surface area (Å²) in [4.78, 5) is 27.6. The molecule has 1 aromatic carbocycles. The van der Waals surface area contributed by atoms with Crippen LogP contribution < -0.4 is 20.5 Å². The molecular formula is C27H38N6O3S2. The van der Waals surface area contributed by atoms with E-state index in [1.807, 2.05) is 34.5 Å². The van der Waals surface area contributed by atoms with Crippen LogP contribution in [0.25, 0.3) is 11.5 Å². The van der Waals surface area contributed by atoms with Gasteiger partial charge in [0, 0.05) is 19.0 Å². The maximum Gasteiger partial charge on any atom is 0.220 e. The lowest BCUT2D eigenvalue weighted by Gasteiger charge is -2.32. The van der Waals surface area contributed by atoms with Gasteiger partial charge in [0.1, 0.15) is 11.5 Å². The molecule has 1 unspecified atom stereocenters. The summed E-state index contributed by atoms with van der Waals surface area (Å²) in [5.74, 6) is 5.32. The van der Waals surface area contributed by atoms with E-state index in [-0.39, 0.29) is 17.4 Å². The maximum absolute atomic E-state index is 12.9. The molecule has 3 N–H and O–H groups in total. The van der Waals surface area contributed by atoms with Crippen LogP contribution in [0.15, 0.2) is 34.6 Å². The number of hydrogen-bond donors (Lipinski definition) is 2. The number of ether oxygens (including phenoxy) is 2. The van der Waals surface area contributed by atoms with E-state index in [9.17, 15) is 4.79 Å². The van der Waals surface area contributed by atoms with Crippen molar-refractivity contribution in [1.82, 2.24) is 24.8 Å². The van der Waals surface area contributed by atoms with Gasteiger partial charge in [-0.25, -0.2) is 15.0 Å². The van der Waals surface area contributed by atoms with Crippen molar-refractivity contribution in [3.05, 3.63) is 24.5 Å². The van der Waals surface area contributed by atoms with Crippen molar-refractivity contribution in [2.75, 3.05) is 31.5 Å². The number of carbonyl (C=O) groups excluding carboxylic acids is 1. The van der Waals surface area contributed by atoms with E-state index in [1.54, 1.807) is 20.5 Å². The van der Waals surface area contributed by atoms with Crippen LogP contribution in [0.2, 0.25) is 0 Å². The number of nitrogens with one attached hydrogen (secondary N) is 1. The summed E-state index contributed by atoms with van der Waals surface area (Å²) in [5, 5.41) is 3.92. The van der Waals surface area contributed by atoms with Crippen LogP contribution in [0.4, 0.5) is 5.82 Å². The van der Waals surface area contributed by atoms with Crippen LogP contribution >= 0.6 is 23.5 Å². The number of benzene rings is 1. The van der Waals surface area contributed by atoms with E-state index >= 15 is 0 Å². The highest BCUT2D eigenvalue weighted by molar-refractivity contribution is 7.99. The van der Waals surface area contributed by atoms with Crippen molar-refractivity contribution in [3.8, 4) is 23.0 Å². The Bertz CT molecular complexity index is 1210. The number of nitrogens with two attached hydrogens (primary N) is 1. The fraction of sp³-hybridized carbons (Fsp3) is 0.556. The first-order valence-electron chi connectivity index (χ1n) is 12.9. The van der Waals surface area contributed by atoms with Crippen LogP contribution in [0.3, 0.4) is 0 Å². The Hall–Kier alpha value is -2.66. The molecule has 0 aliphatic carbocycles. The fourth-order valence-electron chi connectivity index (χ4n) is 4.67. The number of hydrogen-bond acceptors (Lipinski definition) is 9. The number of nitrogen functional groups attached to an aromatic ring is 1. The Labute approximate surface area is 233 Å². The van der Waals surface area contributed by atoms with Crippen molar-refractivity contribution in [3.63, 3.8) is 0 Å². The first-order valence-corrected chi connectivity index (χ1v) is 14.9. The summed E-state index contributed by atoms with van der Waals surface area (Å²) in [7, 11) is 3.26. The molecule has 206 valence electrons. The SMILES string of the molecule is COc1ccc(OC)c(Sc2nc3c(N)ncn(CCC(NC(=O)CC(C)(C)C)C4CCSCC4)c-3n2)c1. The quantitative estimate of drug-likeness (QED) is 0.355. The first kappa shape index (κ1) is 28.4. The number of methoxy groups -OCH3 is 2. The summed E-state index contributed by atoms with van der Waals surface area (Å²) in [6.07, 6.45) is 5.25. The van der Waals surface area contributed by atoms with Crippen molar-refractivity contribution in [2.45, 2.75) is 69.1 Å². The third kappa shape index (κ3) is 7.25. The number of carbonyl (C=O) groups is 1. The van der Waals surface area contributed by atoms with E-state index in [4.69, 9.17) is 20.2 Å². The van der Waals surface area contributed by atoms with Crippen LogP contribution in [-0.4, -0.2) is 57.2 Å². The zero-order valence-electron chi connectivity index (χ0n) is 22.8. The highest BCUT2D eigenvalue weighted by atomic mass is 32.2. The topological polar surface area (TPSA) is 117 Å². The molecule has 3 heterocycles. The third-order valence-corrected chi connectivity index (χ3v) is 8.55. The van der Waals surface area contributed by atoms with Gasteiger partial charge in [0.2, 0.25) is 5.91 Å². The van der Waals surface area contributed by atoms with Crippen molar-refractivity contribution < 1.29 is 14.3 Å². The Morgan fingerprint density at radius 2 is 2.00 bits per heavy atom. The average Bonchev–Trinajstić information content (AvgIpc) is 3.31. The van der Waals surface area contributed by atoms with Gasteiger partial charge in [-0.3, -0.25) is 4.79 Å². The molecular weight excluding hydrogens is 520 g/mol. The number of nitrogens with zero attached hydrogens (tertiary/aromatic N) is 4. The maximum atomic E-state index is 12.9. The Morgan fingerprint density at radius 3 is 2.68 bits per heavy atom. The predicted octanol–water partition coefficient (Wildman–Crippen LogP) is 4.98. The third-order valence-electron chi connectivity index (χ3n) is 6.60. The fourth-order valence-corrected chi connectivity index (χ4v) is 6.70. The number of thioether (sulfide) groups is 1. The molecule has 3 aliphatic rings. The van der Waals surface area contributed by atoms with Gasteiger partial charge in [-0.15, -0.1) is 0 Å². The first-order chi connectivity index (χ1) is 18.2. The zero-order chi connectivity index (χ0) is 27.3. The Balaban J connectivity index is 1.54.